The van der Waals surface area contributed by atoms with E-state index in [1.807, 2.05) is 19.1 Å². The average molecular weight is 367 g/mol. The van der Waals surface area contributed by atoms with Crippen LogP contribution in [0.1, 0.15) is 15.9 Å². The standard InChI is InChI=1S/C21H21NO5/c1-13-4-9-18-16(10-13)17(23)11-19(27-18)14-5-7-15(8-6-14)21(24)22-12-20(25-2)26-3/h4-11,20H,12H2,1-3H3,(H,22,24). The Morgan fingerprint density at radius 2 is 1.78 bits per heavy atom. The number of carbonyl (C=O) groups is 1. The fourth-order valence-corrected chi connectivity index (χ4v) is 2.74. The van der Waals surface area contributed by atoms with Crippen molar-refractivity contribution in [1.82, 2.24) is 5.32 Å². The first-order chi connectivity index (χ1) is 13.0. The second-order valence-electron chi connectivity index (χ2n) is 6.16. The number of amides is 1. The second-order valence-corrected chi connectivity index (χ2v) is 6.16. The third-order valence-electron chi connectivity index (χ3n) is 4.27. The van der Waals surface area contributed by atoms with Gasteiger partial charge in [-0.2, -0.15) is 0 Å². The lowest BCUT2D eigenvalue weighted by molar-refractivity contribution is -0.0974. The smallest absolute Gasteiger partial charge is 0.251 e. The SMILES string of the molecule is COC(CNC(=O)c1ccc(-c2cc(=O)c3cc(C)ccc3o2)cc1)OC. The van der Waals surface area contributed by atoms with Gasteiger partial charge in [-0.1, -0.05) is 23.8 Å². The first-order valence-electron chi connectivity index (χ1n) is 8.50. The lowest BCUT2D eigenvalue weighted by Crippen LogP contribution is -2.34. The maximum atomic E-state index is 12.4. The lowest BCUT2D eigenvalue weighted by Gasteiger charge is -2.14. The van der Waals surface area contributed by atoms with Crippen molar-refractivity contribution in [2.24, 2.45) is 0 Å². The highest BCUT2D eigenvalue weighted by molar-refractivity contribution is 5.94. The number of nitrogens with one attached hydrogen (secondary N) is 1. The van der Waals surface area contributed by atoms with E-state index in [0.29, 0.717) is 22.3 Å². The number of ether oxygens (including phenoxy) is 2. The summed E-state index contributed by atoms with van der Waals surface area (Å²) in [6, 6.07) is 13.8. The zero-order valence-corrected chi connectivity index (χ0v) is 15.4. The Bertz CT molecular complexity index is 1000. The molecule has 0 atom stereocenters. The number of rotatable bonds is 6. The first-order valence-corrected chi connectivity index (χ1v) is 8.50. The molecule has 1 aromatic heterocycles. The van der Waals surface area contributed by atoms with Gasteiger partial charge in [-0.3, -0.25) is 9.59 Å². The Labute approximate surface area is 156 Å². The second kappa shape index (κ2) is 8.16. The van der Waals surface area contributed by atoms with Gasteiger partial charge in [0, 0.05) is 31.4 Å². The van der Waals surface area contributed by atoms with Crippen molar-refractivity contribution in [3.8, 4) is 11.3 Å². The molecule has 3 rings (SSSR count). The summed E-state index contributed by atoms with van der Waals surface area (Å²) in [6.07, 6.45) is -0.497. The maximum Gasteiger partial charge on any atom is 0.251 e. The minimum atomic E-state index is -0.497. The molecule has 0 aliphatic rings. The number of hydrogen-bond acceptors (Lipinski definition) is 5. The van der Waals surface area contributed by atoms with Crippen LogP contribution in [0.4, 0.5) is 0 Å². The molecule has 0 saturated carbocycles. The normalized spacial score (nSPS) is 11.1. The fraction of sp³-hybridized carbons (Fsp3) is 0.238. The van der Waals surface area contributed by atoms with E-state index in [-0.39, 0.29) is 17.9 Å². The van der Waals surface area contributed by atoms with Crippen molar-refractivity contribution < 1.29 is 18.7 Å². The van der Waals surface area contributed by atoms with Gasteiger partial charge in [0.1, 0.15) is 11.3 Å². The summed E-state index contributed by atoms with van der Waals surface area (Å²) in [6.45, 7) is 2.17. The Balaban J connectivity index is 1.81. The Morgan fingerprint density at radius 3 is 2.44 bits per heavy atom. The summed E-state index contributed by atoms with van der Waals surface area (Å²) >= 11 is 0. The van der Waals surface area contributed by atoms with Crippen LogP contribution >= 0.6 is 0 Å². The molecule has 0 saturated heterocycles. The molecular weight excluding hydrogens is 346 g/mol. The van der Waals surface area contributed by atoms with Gasteiger partial charge in [-0.15, -0.1) is 0 Å². The molecular formula is C21H21NO5. The average Bonchev–Trinajstić information content (AvgIpc) is 2.69. The molecule has 0 aliphatic heterocycles. The number of methoxy groups -OCH3 is 2. The summed E-state index contributed by atoms with van der Waals surface area (Å²) in [5, 5.41) is 3.29. The highest BCUT2D eigenvalue weighted by Gasteiger charge is 2.11. The molecule has 2 aromatic carbocycles. The Morgan fingerprint density at radius 1 is 1.07 bits per heavy atom. The quantitative estimate of drug-likeness (QED) is 0.678. The van der Waals surface area contributed by atoms with E-state index in [9.17, 15) is 9.59 Å². The van der Waals surface area contributed by atoms with E-state index >= 15 is 0 Å². The summed E-state index contributed by atoms with van der Waals surface area (Å²) < 4.78 is 15.9. The highest BCUT2D eigenvalue weighted by Crippen LogP contribution is 2.23. The van der Waals surface area contributed by atoms with E-state index < -0.39 is 6.29 Å². The molecule has 0 fully saturated rings. The topological polar surface area (TPSA) is 77.8 Å². The predicted molar refractivity (Wildman–Crippen MR) is 103 cm³/mol. The van der Waals surface area contributed by atoms with Crippen LogP contribution in [0.5, 0.6) is 0 Å². The van der Waals surface area contributed by atoms with Gasteiger partial charge < -0.3 is 19.2 Å². The van der Waals surface area contributed by atoms with Crippen LogP contribution in [-0.2, 0) is 9.47 Å². The third-order valence-corrected chi connectivity index (χ3v) is 4.27. The molecule has 1 N–H and O–H groups in total. The zero-order chi connectivity index (χ0) is 19.4. The number of carbonyl (C=O) groups excluding carboxylic acids is 1. The van der Waals surface area contributed by atoms with E-state index in [1.165, 1.54) is 20.3 Å². The van der Waals surface area contributed by atoms with Crippen LogP contribution in [0.3, 0.4) is 0 Å². The largest absolute Gasteiger partial charge is 0.456 e. The number of benzene rings is 2. The number of fused-ring (bicyclic) bond motifs is 1. The maximum absolute atomic E-state index is 12.4. The molecule has 0 spiro atoms. The monoisotopic (exact) mass is 367 g/mol. The lowest BCUT2D eigenvalue weighted by atomic mass is 10.1. The van der Waals surface area contributed by atoms with E-state index in [1.54, 1.807) is 30.3 Å². The van der Waals surface area contributed by atoms with E-state index in [4.69, 9.17) is 13.9 Å². The highest BCUT2D eigenvalue weighted by atomic mass is 16.7. The van der Waals surface area contributed by atoms with Gasteiger partial charge in [-0.25, -0.2) is 0 Å². The van der Waals surface area contributed by atoms with Gasteiger partial charge in [-0.05, 0) is 31.2 Å². The minimum absolute atomic E-state index is 0.0954. The fourth-order valence-electron chi connectivity index (χ4n) is 2.74. The van der Waals surface area contributed by atoms with Crippen LogP contribution < -0.4 is 10.7 Å². The van der Waals surface area contributed by atoms with Crippen molar-refractivity contribution in [3.63, 3.8) is 0 Å². The predicted octanol–water partition coefficient (Wildman–Crippen LogP) is 3.12. The summed E-state index contributed by atoms with van der Waals surface area (Å²) in [4.78, 5) is 24.6. The minimum Gasteiger partial charge on any atom is -0.456 e. The zero-order valence-electron chi connectivity index (χ0n) is 15.4. The molecule has 6 nitrogen and oxygen atoms in total. The van der Waals surface area contributed by atoms with Crippen molar-refractivity contribution in [2.45, 2.75) is 13.2 Å². The van der Waals surface area contributed by atoms with Crippen molar-refractivity contribution >= 4 is 16.9 Å². The van der Waals surface area contributed by atoms with Gasteiger partial charge >= 0.3 is 0 Å². The van der Waals surface area contributed by atoms with Crippen LogP contribution in [0, 0.1) is 6.92 Å². The Kier molecular flexibility index (Phi) is 5.69. The molecule has 0 bridgehead atoms. The third kappa shape index (κ3) is 4.24. The van der Waals surface area contributed by atoms with Crippen LogP contribution in [0.15, 0.2) is 57.7 Å². The summed E-state index contributed by atoms with van der Waals surface area (Å²) in [5.74, 6) is 0.221. The van der Waals surface area contributed by atoms with Gasteiger partial charge in [0.25, 0.3) is 5.91 Å². The van der Waals surface area contributed by atoms with Crippen molar-refractivity contribution in [3.05, 3.63) is 69.9 Å². The molecule has 27 heavy (non-hydrogen) atoms. The van der Waals surface area contributed by atoms with E-state index in [0.717, 1.165) is 11.1 Å². The molecule has 140 valence electrons. The molecule has 1 amide bonds. The number of hydrogen-bond donors (Lipinski definition) is 1. The molecule has 3 aromatic rings. The summed E-state index contributed by atoms with van der Waals surface area (Å²) in [5.41, 5.74) is 2.65. The van der Waals surface area contributed by atoms with Crippen LogP contribution in [0.25, 0.3) is 22.3 Å². The van der Waals surface area contributed by atoms with Crippen molar-refractivity contribution in [1.29, 1.82) is 0 Å². The molecule has 6 heteroatoms. The van der Waals surface area contributed by atoms with Gasteiger partial charge in [0.2, 0.25) is 0 Å². The summed E-state index contributed by atoms with van der Waals surface area (Å²) in [7, 11) is 3.02. The van der Waals surface area contributed by atoms with Gasteiger partial charge in [0.15, 0.2) is 11.7 Å². The first kappa shape index (κ1) is 18.8. The molecule has 1 heterocycles. The molecule has 0 aliphatic carbocycles. The molecule has 0 radical (unpaired) electrons. The molecule has 0 unspecified atom stereocenters. The Hall–Kier alpha value is -2.96. The van der Waals surface area contributed by atoms with E-state index in [2.05, 4.69) is 5.32 Å². The number of aryl methyl sites for hydroxylation is 1. The van der Waals surface area contributed by atoms with Crippen LogP contribution in [-0.4, -0.2) is 33.0 Å². The van der Waals surface area contributed by atoms with Crippen molar-refractivity contribution in [2.75, 3.05) is 20.8 Å². The van der Waals surface area contributed by atoms with Crippen LogP contribution in [0.2, 0.25) is 0 Å². The van der Waals surface area contributed by atoms with Gasteiger partial charge in [0.05, 0.1) is 11.9 Å².